The molecule has 6 aromatic rings. The molecule has 0 radical (unpaired) electrons. The van der Waals surface area contributed by atoms with E-state index >= 15 is 28.8 Å². The van der Waals surface area contributed by atoms with Gasteiger partial charge in [-0.1, -0.05) is 196 Å². The Morgan fingerprint density at radius 2 is 0.653 bits per heavy atom. The van der Waals surface area contributed by atoms with Crippen molar-refractivity contribution in [2.24, 2.45) is 5.92 Å². The van der Waals surface area contributed by atoms with Crippen molar-refractivity contribution >= 4 is 83.6 Å². The molecule has 0 spiro atoms. The highest BCUT2D eigenvalue weighted by Gasteiger charge is 2.38. The minimum Gasteiger partial charge on any atom is -0.445 e. The number of hydrogen-bond acceptors (Lipinski definition) is 21. The maximum absolute atomic E-state index is 15.3. The van der Waals surface area contributed by atoms with Crippen LogP contribution < -0.4 is 74.4 Å². The van der Waals surface area contributed by atoms with Crippen LogP contribution in [0.25, 0.3) is 0 Å². The van der Waals surface area contributed by atoms with Crippen molar-refractivity contribution in [3.8, 4) is 0 Å². The maximum Gasteiger partial charge on any atom is 0.408 e. The number of hydrogen-bond donors (Lipinski definition) is 16. The molecule has 1 aliphatic heterocycles. The molecule has 0 aliphatic carbocycles. The molecule has 0 unspecified atom stereocenters. The van der Waals surface area contributed by atoms with Crippen LogP contribution in [0.4, 0.5) is 24.0 Å². The van der Waals surface area contributed by atoms with Crippen LogP contribution >= 0.6 is 0 Å². The first-order chi connectivity index (χ1) is 56.8. The molecule has 35 heteroatoms. The lowest BCUT2D eigenvalue weighted by molar-refractivity contribution is -0.136. The first-order valence-corrected chi connectivity index (χ1v) is 38.6. The Kier molecular flexibility index (Phi) is 38.6. The molecule has 16 N–H and O–H groups in total. The quantitative estimate of drug-likeness (QED) is 0.0278. The van der Waals surface area contributed by atoms with Gasteiger partial charge in [0.1, 0.15) is 87.4 Å². The molecule has 6 aromatic carbocycles. The summed E-state index contributed by atoms with van der Waals surface area (Å²) in [4.78, 5) is 201. The fraction of sp³-hybridized carbons (Fsp3) is 0.398. The average molecular weight is 1630 g/mol. The molecule has 0 saturated carbocycles. The Hall–Kier alpha value is -13.2. The molecule has 632 valence electrons. The summed E-state index contributed by atoms with van der Waals surface area (Å²) in [6.45, 7) is 2.44. The number of alkyl carbamates (subject to hydrolysis) is 5. The molecule has 0 aromatic heterocycles. The van der Waals surface area contributed by atoms with E-state index in [1.807, 2.05) is 0 Å². The van der Waals surface area contributed by atoms with Gasteiger partial charge in [0.2, 0.25) is 53.2 Å². The third-order valence-electron chi connectivity index (χ3n) is 18.1. The number of carbonyl (C=O) groups is 14. The summed E-state index contributed by atoms with van der Waals surface area (Å²) in [5, 5.41) is 57.9. The highest BCUT2D eigenvalue weighted by atomic mass is 16.6. The zero-order valence-electron chi connectivity index (χ0n) is 65.9. The third-order valence-corrected chi connectivity index (χ3v) is 18.1. The summed E-state index contributed by atoms with van der Waals surface area (Å²) in [5.74, 6) is -10.5. The van der Waals surface area contributed by atoms with Crippen LogP contribution in [0.3, 0.4) is 0 Å². The average Bonchev–Trinajstić information content (AvgIpc) is 0.853. The largest absolute Gasteiger partial charge is 0.445 e. The first kappa shape index (κ1) is 92.0. The van der Waals surface area contributed by atoms with Crippen LogP contribution in [0, 0.1) is 5.92 Å². The van der Waals surface area contributed by atoms with E-state index in [0.29, 0.717) is 33.4 Å². The van der Waals surface area contributed by atoms with E-state index in [4.69, 9.17) is 23.7 Å². The highest BCUT2D eigenvalue weighted by Crippen LogP contribution is 2.14. The van der Waals surface area contributed by atoms with Crippen molar-refractivity contribution in [1.29, 1.82) is 0 Å². The summed E-state index contributed by atoms with van der Waals surface area (Å²) in [6, 6.07) is 35.3. The standard InChI is InChI=1S/C83H104N14O21/c1-52(2)45-66-75(105)92-62(37-42-86-80(110)115-48-57-27-15-7-16-28-57)71(101)91-65(39-44-88-82(112)117-50-59-31-19-9-20-32-59)74(104)96-68(53(3)98)77(107)84-40-35-64(93-78(108)69(54(4)99)97-83(113)118-51-60-33-21-10-22-34-60)72(102)89-61(36-41-85-79(109)114-47-56-25-13-6-14-26-56)70(100)90-63(38-43-87-81(111)116-49-58-29-17-8-18-30-58)73(103)95-67(76(106)94-66)46-55-23-11-5-12-24-55/h5-34,52-54,61-69,98-99H,35-51H2,1-4H3,(H,84,107)(H,85,109)(H,86,110)(H,87,111)(H,88,112)(H,89,102)(H,90,100)(H,91,101)(H,92,105)(H,93,108)(H,94,106)(H,95,103)(H,96,104)(H,97,113)/t53-,54-,61+,62+,63+,64+,65+,66+,67-,68-,69+/m1/s1. The van der Waals surface area contributed by atoms with Crippen molar-refractivity contribution in [3.63, 3.8) is 0 Å². The molecule has 1 saturated heterocycles. The molecule has 14 amide bonds. The Bertz CT molecular complexity index is 4240. The summed E-state index contributed by atoms with van der Waals surface area (Å²) >= 11 is 0. The van der Waals surface area contributed by atoms with Crippen molar-refractivity contribution in [1.82, 2.24) is 74.4 Å². The van der Waals surface area contributed by atoms with Crippen molar-refractivity contribution in [3.05, 3.63) is 215 Å². The van der Waals surface area contributed by atoms with Gasteiger partial charge in [-0.3, -0.25) is 43.2 Å². The van der Waals surface area contributed by atoms with Crippen LogP contribution in [-0.2, 0) is 106 Å². The predicted octanol–water partition coefficient (Wildman–Crippen LogP) is 3.00. The van der Waals surface area contributed by atoms with Gasteiger partial charge in [0.15, 0.2) is 0 Å². The molecule has 7 rings (SSSR count). The maximum atomic E-state index is 15.3. The number of nitrogens with one attached hydrogen (secondary N) is 14. The minimum atomic E-state index is -1.92. The number of rotatable bonds is 31. The van der Waals surface area contributed by atoms with Gasteiger partial charge >= 0.3 is 30.5 Å². The number of amides is 14. The molecular formula is C83H104N14O21. The van der Waals surface area contributed by atoms with E-state index < -0.39 is 214 Å². The Labute approximate surface area is 682 Å². The Morgan fingerprint density at radius 1 is 0.364 bits per heavy atom. The van der Waals surface area contributed by atoms with Gasteiger partial charge in [-0.25, -0.2) is 24.0 Å². The highest BCUT2D eigenvalue weighted by molar-refractivity contribution is 5.99. The fourth-order valence-electron chi connectivity index (χ4n) is 11.8. The molecule has 11 atom stereocenters. The second-order valence-electron chi connectivity index (χ2n) is 28.1. The fourth-order valence-corrected chi connectivity index (χ4v) is 11.8. The molecule has 35 nitrogen and oxygen atoms in total. The van der Waals surface area contributed by atoms with Gasteiger partial charge < -0.3 is 108 Å². The van der Waals surface area contributed by atoms with Gasteiger partial charge in [-0.15, -0.1) is 0 Å². The van der Waals surface area contributed by atoms with E-state index in [0.717, 1.165) is 13.8 Å². The third kappa shape index (κ3) is 33.7. The smallest absolute Gasteiger partial charge is 0.408 e. The summed E-state index contributed by atoms with van der Waals surface area (Å²) in [7, 11) is 0. The van der Waals surface area contributed by atoms with E-state index in [9.17, 15) is 48.6 Å². The number of carbonyl (C=O) groups excluding carboxylic acids is 14. The van der Waals surface area contributed by atoms with Gasteiger partial charge in [-0.2, -0.15) is 0 Å². The van der Waals surface area contributed by atoms with Crippen LogP contribution in [-0.4, -0.2) is 193 Å². The second-order valence-corrected chi connectivity index (χ2v) is 28.1. The van der Waals surface area contributed by atoms with Crippen molar-refractivity contribution in [2.75, 3.05) is 32.7 Å². The SMILES string of the molecule is CC(C)C[C@@H]1NC(=O)[C@@H](Cc2ccccc2)NC(=O)[C@H](CCNC(=O)OCc2ccccc2)NC(=O)[C@H](CCNC(=O)OCc2ccccc2)NC(=O)[C@@H](NC(=O)[C@@H](NC(=O)OCc2ccccc2)[C@@H](C)O)CCNC(=O)[C@@H]([C@@H](C)O)NC(=O)[C@H](CCNC(=O)OCc2ccccc2)NC(=O)[C@H](CCNC(=O)OCc2ccccc2)NC1=O. The van der Waals surface area contributed by atoms with E-state index in [2.05, 4.69) is 74.4 Å². The monoisotopic (exact) mass is 1630 g/mol. The second kappa shape index (κ2) is 49.6. The van der Waals surface area contributed by atoms with Crippen LogP contribution in [0.15, 0.2) is 182 Å². The molecule has 118 heavy (non-hydrogen) atoms. The molecule has 1 heterocycles. The summed E-state index contributed by atoms with van der Waals surface area (Å²) in [5.41, 5.74) is 3.53. The topological polar surface area (TPSA) is 494 Å². The van der Waals surface area contributed by atoms with Gasteiger partial charge in [0.25, 0.3) is 0 Å². The minimum absolute atomic E-state index is 0.133. The van der Waals surface area contributed by atoms with Crippen LogP contribution in [0.2, 0.25) is 0 Å². The Morgan fingerprint density at radius 3 is 0.983 bits per heavy atom. The normalized spacial score (nSPS) is 19.4. The molecule has 1 fully saturated rings. The van der Waals surface area contributed by atoms with Crippen LogP contribution in [0.1, 0.15) is 99.6 Å². The molecule has 0 bridgehead atoms. The predicted molar refractivity (Wildman–Crippen MR) is 427 cm³/mol. The van der Waals surface area contributed by atoms with E-state index in [1.54, 1.807) is 196 Å². The lowest BCUT2D eigenvalue weighted by Crippen LogP contribution is -2.62. The van der Waals surface area contributed by atoms with Gasteiger partial charge in [0.05, 0.1) is 12.2 Å². The van der Waals surface area contributed by atoms with Crippen molar-refractivity contribution < 1.29 is 101 Å². The van der Waals surface area contributed by atoms with E-state index in [1.165, 1.54) is 0 Å². The number of benzene rings is 6. The lowest BCUT2D eigenvalue weighted by atomic mass is 10.00. The zero-order valence-corrected chi connectivity index (χ0v) is 65.9. The van der Waals surface area contributed by atoms with Gasteiger partial charge in [-0.05, 0) is 91.7 Å². The van der Waals surface area contributed by atoms with Crippen LogP contribution in [0.5, 0.6) is 0 Å². The zero-order chi connectivity index (χ0) is 85.1. The number of ether oxygens (including phenoxy) is 5. The van der Waals surface area contributed by atoms with E-state index in [-0.39, 0.29) is 52.4 Å². The van der Waals surface area contributed by atoms with Crippen molar-refractivity contribution in [2.45, 2.75) is 172 Å². The lowest BCUT2D eigenvalue weighted by Gasteiger charge is -2.29. The first-order valence-electron chi connectivity index (χ1n) is 38.6. The molecule has 1 aliphatic rings. The summed E-state index contributed by atoms with van der Waals surface area (Å²) < 4.78 is 26.9. The molecular weight excluding hydrogens is 1530 g/mol. The summed E-state index contributed by atoms with van der Waals surface area (Å²) in [6.07, 6.45) is -11.5. The Balaban J connectivity index is 1.30. The van der Waals surface area contributed by atoms with Gasteiger partial charge in [0, 0.05) is 39.1 Å². The number of aliphatic hydroxyl groups excluding tert-OH is 2. The number of aliphatic hydroxyl groups is 2.